The molecular weight excluding hydrogens is 298 g/mol. The molecule has 72 valence electrons. The van der Waals surface area contributed by atoms with Crippen molar-refractivity contribution in [3.05, 3.63) is 12.7 Å². The summed E-state index contributed by atoms with van der Waals surface area (Å²) in [6, 6.07) is 0. The molecule has 0 aromatic carbocycles. The Kier molecular flexibility index (Phi) is 8.22. The molecule has 0 bridgehead atoms. The van der Waals surface area contributed by atoms with Crippen LogP contribution in [0.2, 0.25) is 8.87 Å². The first-order valence-electron chi connectivity index (χ1n) is 4.61. The molecule has 0 amide bonds. The zero-order valence-corrected chi connectivity index (χ0v) is 12.1. The van der Waals surface area contributed by atoms with E-state index in [1.54, 1.807) is 0 Å². The van der Waals surface area contributed by atoms with Crippen LogP contribution in [0.25, 0.3) is 0 Å². The normalized spacial score (nSPS) is 11.6. The summed E-state index contributed by atoms with van der Waals surface area (Å²) >= 11 is -2.56. The Balaban J connectivity index is 3.48. The van der Waals surface area contributed by atoms with Crippen LogP contribution in [-0.2, 0) is 0 Å². The van der Waals surface area contributed by atoms with Crippen molar-refractivity contribution in [2.24, 2.45) is 0 Å². The average Bonchev–Trinajstić information content (AvgIpc) is 2.01. The van der Waals surface area contributed by atoms with Crippen LogP contribution in [0, 0.1) is 0 Å². The van der Waals surface area contributed by atoms with Crippen LogP contribution in [0.3, 0.4) is 0 Å². The molecule has 0 saturated carbocycles. The van der Waals surface area contributed by atoms with E-state index < -0.39 is 16.1 Å². The van der Waals surface area contributed by atoms with Crippen molar-refractivity contribution in [3.63, 3.8) is 0 Å². The second-order valence-electron chi connectivity index (χ2n) is 3.14. The van der Waals surface area contributed by atoms with Crippen molar-refractivity contribution < 1.29 is 0 Å². The van der Waals surface area contributed by atoms with Crippen LogP contribution in [0.4, 0.5) is 0 Å². The molecule has 0 aliphatic carbocycles. The van der Waals surface area contributed by atoms with Gasteiger partial charge in [0.25, 0.3) is 0 Å². The predicted octanol–water partition coefficient (Wildman–Crippen LogP) is 4.67. The summed E-state index contributed by atoms with van der Waals surface area (Å²) in [7, 11) is 12.6. The fraction of sp³-hybridized carbons (Fsp3) is 0.778. The van der Waals surface area contributed by atoms with Gasteiger partial charge >= 0.3 is 88.1 Å². The predicted molar refractivity (Wildman–Crippen MR) is 61.4 cm³/mol. The molecule has 0 aromatic rings. The van der Waals surface area contributed by atoms with Gasteiger partial charge in [-0.15, -0.1) is 0 Å². The third-order valence-corrected chi connectivity index (χ3v) is 13.1. The van der Waals surface area contributed by atoms with Gasteiger partial charge in [-0.3, -0.25) is 0 Å². The van der Waals surface area contributed by atoms with Crippen LogP contribution in [-0.4, -0.2) is 16.1 Å². The third kappa shape index (κ3) is 7.75. The number of allylic oxidation sites excluding steroid dienone is 1. The summed E-state index contributed by atoms with van der Waals surface area (Å²) in [4.78, 5) is 0. The van der Waals surface area contributed by atoms with Gasteiger partial charge in [-0.05, 0) is 0 Å². The van der Waals surface area contributed by atoms with E-state index in [1.807, 2.05) is 6.08 Å². The molecule has 0 rings (SSSR count). The van der Waals surface area contributed by atoms with Crippen molar-refractivity contribution in [1.29, 1.82) is 0 Å². The van der Waals surface area contributed by atoms with E-state index in [0.717, 1.165) is 21.7 Å². The second-order valence-corrected chi connectivity index (χ2v) is 21.9. The van der Waals surface area contributed by atoms with Gasteiger partial charge in [0.05, 0.1) is 0 Å². The first-order valence-corrected chi connectivity index (χ1v) is 15.9. The topological polar surface area (TPSA) is 0 Å². The summed E-state index contributed by atoms with van der Waals surface area (Å²) < 4.78 is 2.20. The van der Waals surface area contributed by atoms with Gasteiger partial charge in [0.1, 0.15) is 0 Å². The quantitative estimate of drug-likeness (QED) is 0.364. The second kappa shape index (κ2) is 7.52. The summed E-state index contributed by atoms with van der Waals surface area (Å²) in [5, 5.41) is 0. The Labute approximate surface area is 87.6 Å². The first kappa shape index (κ1) is 13.1. The average molecular weight is 316 g/mol. The Bertz CT molecular complexity index is 124. The van der Waals surface area contributed by atoms with Crippen molar-refractivity contribution in [2.75, 3.05) is 0 Å². The third-order valence-electron chi connectivity index (χ3n) is 1.85. The molecule has 12 heavy (non-hydrogen) atoms. The van der Waals surface area contributed by atoms with Crippen LogP contribution in [0.15, 0.2) is 12.7 Å². The van der Waals surface area contributed by atoms with Gasteiger partial charge in [-0.2, -0.15) is 0 Å². The van der Waals surface area contributed by atoms with Crippen LogP contribution >= 0.6 is 17.8 Å². The SMILES string of the molecule is C=CCC[CH2][Sn]([Cl])([Cl])[CH2]CCC. The van der Waals surface area contributed by atoms with Crippen LogP contribution < -0.4 is 0 Å². The monoisotopic (exact) mass is 316 g/mol. The van der Waals surface area contributed by atoms with E-state index in [4.69, 9.17) is 17.8 Å². The molecule has 0 aliphatic rings. The van der Waals surface area contributed by atoms with Crippen molar-refractivity contribution >= 4 is 34.0 Å². The van der Waals surface area contributed by atoms with E-state index in [2.05, 4.69) is 13.5 Å². The van der Waals surface area contributed by atoms with E-state index in [0.29, 0.717) is 0 Å². The van der Waals surface area contributed by atoms with Crippen LogP contribution in [0.1, 0.15) is 32.6 Å². The van der Waals surface area contributed by atoms with Crippen molar-refractivity contribution in [3.8, 4) is 0 Å². The summed E-state index contributed by atoms with van der Waals surface area (Å²) in [5.41, 5.74) is 0. The number of hydrogen-bond acceptors (Lipinski definition) is 0. The molecule has 0 fully saturated rings. The summed E-state index contributed by atoms with van der Waals surface area (Å²) in [5.74, 6) is 0. The molecule has 0 spiro atoms. The standard InChI is InChI=1S/C5H9.C4H9.2ClH.Sn/c1-3-5-4-2;1-3-4-2;;;/h3H,1-2,4-5H2;1,3-4H2,2H3;2*1H;/q;;;;+2/p-2. The minimum absolute atomic E-state index is 1.06. The van der Waals surface area contributed by atoms with Gasteiger partial charge in [0, 0.05) is 0 Å². The molecule has 0 aromatic heterocycles. The molecule has 0 heterocycles. The Hall–Kier alpha value is 1.12. The maximum absolute atomic E-state index is 6.29. The van der Waals surface area contributed by atoms with E-state index in [9.17, 15) is 0 Å². The van der Waals surface area contributed by atoms with Crippen LogP contribution in [0.5, 0.6) is 0 Å². The number of unbranched alkanes of at least 4 members (excludes halogenated alkanes) is 2. The zero-order chi connectivity index (χ0) is 9.45. The number of rotatable bonds is 7. The molecule has 0 radical (unpaired) electrons. The molecule has 3 heteroatoms. The Morgan fingerprint density at radius 1 is 1.25 bits per heavy atom. The van der Waals surface area contributed by atoms with Crippen molar-refractivity contribution in [2.45, 2.75) is 41.5 Å². The molecular formula is C9H18Cl2Sn. The van der Waals surface area contributed by atoms with Gasteiger partial charge in [0.15, 0.2) is 0 Å². The van der Waals surface area contributed by atoms with Gasteiger partial charge in [-0.25, -0.2) is 0 Å². The molecule has 0 aliphatic heterocycles. The van der Waals surface area contributed by atoms with Crippen molar-refractivity contribution in [1.82, 2.24) is 0 Å². The maximum atomic E-state index is 6.29. The number of hydrogen-bond donors (Lipinski definition) is 0. The Morgan fingerprint density at radius 2 is 1.83 bits per heavy atom. The molecule has 0 saturated heterocycles. The zero-order valence-electron chi connectivity index (χ0n) is 7.78. The van der Waals surface area contributed by atoms with Gasteiger partial charge in [0.2, 0.25) is 0 Å². The first-order chi connectivity index (χ1) is 5.62. The van der Waals surface area contributed by atoms with E-state index >= 15 is 0 Å². The molecule has 0 N–H and O–H groups in total. The van der Waals surface area contributed by atoms with E-state index in [-0.39, 0.29) is 0 Å². The van der Waals surface area contributed by atoms with Gasteiger partial charge in [-0.1, -0.05) is 0 Å². The molecule has 0 atom stereocenters. The van der Waals surface area contributed by atoms with Gasteiger partial charge < -0.3 is 0 Å². The number of halogens is 2. The molecule has 0 unspecified atom stereocenters. The fourth-order valence-corrected chi connectivity index (χ4v) is 9.91. The Morgan fingerprint density at radius 3 is 2.33 bits per heavy atom. The minimum atomic E-state index is -2.56. The summed E-state index contributed by atoms with van der Waals surface area (Å²) in [6.07, 6.45) is 6.55. The fourth-order valence-electron chi connectivity index (χ4n) is 1.07. The molecule has 0 nitrogen and oxygen atoms in total. The summed E-state index contributed by atoms with van der Waals surface area (Å²) in [6.45, 7) is 5.86. The van der Waals surface area contributed by atoms with E-state index in [1.165, 1.54) is 12.8 Å².